The zero-order valence-electron chi connectivity index (χ0n) is 12.0. The molecule has 1 aromatic carbocycles. The van der Waals surface area contributed by atoms with E-state index in [0.717, 1.165) is 11.3 Å². The van der Waals surface area contributed by atoms with Crippen LogP contribution in [0, 0.1) is 18.3 Å². The Morgan fingerprint density at radius 1 is 1.30 bits per heavy atom. The Bertz CT molecular complexity index is 934. The first kappa shape index (κ1) is 15.8. The van der Waals surface area contributed by atoms with E-state index in [-0.39, 0.29) is 0 Å². The Morgan fingerprint density at radius 3 is 2.78 bits per heavy atom. The van der Waals surface area contributed by atoms with Gasteiger partial charge in [-0.2, -0.15) is 5.26 Å². The summed E-state index contributed by atoms with van der Waals surface area (Å²) < 4.78 is 5.47. The number of thiazole rings is 1. The minimum absolute atomic E-state index is 0.445. The van der Waals surface area contributed by atoms with Gasteiger partial charge in [0.25, 0.3) is 0 Å². The quantitative estimate of drug-likeness (QED) is 0.531. The molecule has 0 radical (unpaired) electrons. The van der Waals surface area contributed by atoms with E-state index in [4.69, 9.17) is 27.6 Å². The van der Waals surface area contributed by atoms with Crippen molar-refractivity contribution in [3.8, 4) is 17.3 Å². The third-order valence-electron chi connectivity index (χ3n) is 3.11. The van der Waals surface area contributed by atoms with Gasteiger partial charge in [-0.05, 0) is 37.3 Å². The van der Waals surface area contributed by atoms with Crippen LogP contribution in [0.15, 0.2) is 40.1 Å². The molecule has 6 heteroatoms. The molecule has 3 rings (SSSR count). The van der Waals surface area contributed by atoms with Gasteiger partial charge in [-0.3, -0.25) is 0 Å². The van der Waals surface area contributed by atoms with Crippen molar-refractivity contribution in [2.24, 2.45) is 0 Å². The Labute approximate surface area is 147 Å². The van der Waals surface area contributed by atoms with Crippen LogP contribution in [-0.4, -0.2) is 4.98 Å². The van der Waals surface area contributed by atoms with Crippen LogP contribution in [-0.2, 0) is 0 Å². The Kier molecular flexibility index (Phi) is 4.53. The van der Waals surface area contributed by atoms with Crippen LogP contribution in [0.25, 0.3) is 22.9 Å². The van der Waals surface area contributed by atoms with Crippen molar-refractivity contribution in [2.75, 3.05) is 0 Å². The molecule has 0 aliphatic carbocycles. The van der Waals surface area contributed by atoms with Crippen molar-refractivity contribution >= 4 is 46.2 Å². The number of allylic oxidation sites excluding steroid dienone is 1. The zero-order chi connectivity index (χ0) is 16.4. The highest BCUT2D eigenvalue weighted by Gasteiger charge is 2.12. The molecule has 0 amide bonds. The van der Waals surface area contributed by atoms with E-state index in [9.17, 15) is 5.26 Å². The molecule has 23 heavy (non-hydrogen) atoms. The summed E-state index contributed by atoms with van der Waals surface area (Å²) in [7, 11) is 0. The summed E-state index contributed by atoms with van der Waals surface area (Å²) >= 11 is 13.5. The number of aromatic nitrogens is 1. The molecule has 0 saturated carbocycles. The predicted octanol–water partition coefficient (Wildman–Crippen LogP) is 6.08. The third kappa shape index (κ3) is 3.48. The molecule has 0 bridgehead atoms. The second-order valence-electron chi connectivity index (χ2n) is 4.78. The van der Waals surface area contributed by atoms with Crippen LogP contribution >= 0.6 is 34.5 Å². The number of nitrogens with zero attached hydrogens (tertiary/aromatic N) is 2. The zero-order valence-corrected chi connectivity index (χ0v) is 14.3. The molecule has 114 valence electrons. The highest BCUT2D eigenvalue weighted by atomic mass is 35.5. The fourth-order valence-corrected chi connectivity index (χ4v) is 3.32. The lowest BCUT2D eigenvalue weighted by molar-refractivity contribution is 0.525. The second-order valence-corrected chi connectivity index (χ2v) is 6.48. The van der Waals surface area contributed by atoms with Crippen LogP contribution < -0.4 is 0 Å². The van der Waals surface area contributed by atoms with Crippen molar-refractivity contribution < 1.29 is 4.42 Å². The topological polar surface area (TPSA) is 49.8 Å². The van der Waals surface area contributed by atoms with E-state index in [1.807, 2.05) is 30.5 Å². The van der Waals surface area contributed by atoms with Gasteiger partial charge in [0.05, 0.1) is 16.3 Å². The average Bonchev–Trinajstić information content (AvgIpc) is 3.14. The van der Waals surface area contributed by atoms with Crippen molar-refractivity contribution in [1.29, 1.82) is 5.26 Å². The predicted molar refractivity (Wildman–Crippen MR) is 94.5 cm³/mol. The largest absolute Gasteiger partial charge is 0.462 e. The van der Waals surface area contributed by atoms with Gasteiger partial charge in [0.2, 0.25) is 0 Å². The van der Waals surface area contributed by atoms with Crippen molar-refractivity contribution in [2.45, 2.75) is 6.92 Å². The van der Waals surface area contributed by atoms with Gasteiger partial charge in [0.15, 0.2) is 0 Å². The summed E-state index contributed by atoms with van der Waals surface area (Å²) in [6, 6.07) is 11.1. The van der Waals surface area contributed by atoms with E-state index in [1.54, 1.807) is 18.2 Å². The highest BCUT2D eigenvalue weighted by Crippen LogP contribution is 2.33. The van der Waals surface area contributed by atoms with Crippen LogP contribution in [0.3, 0.4) is 0 Å². The smallest absolute Gasteiger partial charge is 0.134 e. The molecular weight excluding hydrogens is 351 g/mol. The molecule has 0 aliphatic rings. The molecule has 0 unspecified atom stereocenters. The summed E-state index contributed by atoms with van der Waals surface area (Å²) in [5.74, 6) is 1.42. The van der Waals surface area contributed by atoms with Crippen molar-refractivity contribution in [1.82, 2.24) is 4.98 Å². The number of benzene rings is 1. The Balaban J connectivity index is 1.97. The summed E-state index contributed by atoms with van der Waals surface area (Å²) in [5, 5.41) is 13.0. The van der Waals surface area contributed by atoms with E-state index in [1.165, 1.54) is 11.3 Å². The summed E-state index contributed by atoms with van der Waals surface area (Å²) in [5.41, 5.74) is 1.94. The third-order valence-corrected chi connectivity index (χ3v) is 4.53. The van der Waals surface area contributed by atoms with Crippen LogP contribution in [0.1, 0.15) is 16.5 Å². The molecule has 0 fully saturated rings. The number of furan rings is 1. The first-order valence-corrected chi connectivity index (χ1v) is 8.30. The van der Waals surface area contributed by atoms with Crippen LogP contribution in [0.2, 0.25) is 10.0 Å². The highest BCUT2D eigenvalue weighted by molar-refractivity contribution is 7.11. The maximum absolute atomic E-state index is 9.38. The van der Waals surface area contributed by atoms with Gasteiger partial charge in [-0.15, -0.1) is 11.3 Å². The van der Waals surface area contributed by atoms with Crippen molar-refractivity contribution in [3.05, 3.63) is 62.3 Å². The lowest BCUT2D eigenvalue weighted by Gasteiger charge is -2.00. The first-order valence-electron chi connectivity index (χ1n) is 6.66. The number of aryl methyl sites for hydroxylation is 1. The number of nitriles is 1. The summed E-state index contributed by atoms with van der Waals surface area (Å²) in [6.07, 6.45) is 1.68. The fraction of sp³-hybridized carbons (Fsp3) is 0.0588. The number of rotatable bonds is 3. The van der Waals surface area contributed by atoms with Gasteiger partial charge in [0.1, 0.15) is 22.6 Å². The van der Waals surface area contributed by atoms with Gasteiger partial charge >= 0.3 is 0 Å². The van der Waals surface area contributed by atoms with E-state index >= 15 is 0 Å². The second kappa shape index (κ2) is 6.59. The van der Waals surface area contributed by atoms with Crippen LogP contribution in [0.5, 0.6) is 0 Å². The minimum Gasteiger partial charge on any atom is -0.462 e. The van der Waals surface area contributed by atoms with E-state index in [0.29, 0.717) is 32.1 Å². The standard InChI is InChI=1S/C17H10Cl2N2OS/c1-10-2-4-13(22-10)6-11(8-20)17-21-16(9-23-17)14-5-3-12(18)7-15(14)19/h2-7,9H,1H3. The maximum atomic E-state index is 9.38. The molecule has 2 heterocycles. The average molecular weight is 361 g/mol. The van der Waals surface area contributed by atoms with E-state index < -0.39 is 0 Å². The molecule has 0 saturated heterocycles. The maximum Gasteiger partial charge on any atom is 0.134 e. The minimum atomic E-state index is 0.445. The molecule has 3 aromatic rings. The summed E-state index contributed by atoms with van der Waals surface area (Å²) in [6.45, 7) is 1.85. The normalized spacial score (nSPS) is 11.5. The SMILES string of the molecule is Cc1ccc(C=C(C#N)c2nc(-c3ccc(Cl)cc3Cl)cs2)o1. The molecule has 2 aromatic heterocycles. The molecule has 0 N–H and O–H groups in total. The van der Waals surface area contributed by atoms with Gasteiger partial charge in [-0.1, -0.05) is 23.2 Å². The summed E-state index contributed by atoms with van der Waals surface area (Å²) in [4.78, 5) is 4.50. The Hall–Kier alpha value is -2.06. The number of hydrogen-bond acceptors (Lipinski definition) is 4. The fourth-order valence-electron chi connectivity index (χ4n) is 2.03. The number of halogens is 2. The van der Waals surface area contributed by atoms with E-state index in [2.05, 4.69) is 11.1 Å². The van der Waals surface area contributed by atoms with Gasteiger partial charge in [-0.25, -0.2) is 4.98 Å². The Morgan fingerprint density at radius 2 is 2.13 bits per heavy atom. The van der Waals surface area contributed by atoms with Crippen LogP contribution in [0.4, 0.5) is 0 Å². The molecule has 0 atom stereocenters. The lowest BCUT2D eigenvalue weighted by atomic mass is 10.2. The molecule has 0 aliphatic heterocycles. The lowest BCUT2D eigenvalue weighted by Crippen LogP contribution is -1.83. The monoisotopic (exact) mass is 360 g/mol. The van der Waals surface area contributed by atoms with Gasteiger partial charge < -0.3 is 4.42 Å². The first-order chi connectivity index (χ1) is 11.1. The molecule has 0 spiro atoms. The van der Waals surface area contributed by atoms with Gasteiger partial charge in [0, 0.05) is 22.0 Å². The van der Waals surface area contributed by atoms with Crippen molar-refractivity contribution in [3.63, 3.8) is 0 Å². The molecular formula is C17H10Cl2N2OS. The molecule has 3 nitrogen and oxygen atoms in total. The number of hydrogen-bond donors (Lipinski definition) is 0.